The maximum Gasteiger partial charge on any atom is 0.221 e. The minimum Gasteiger partial charge on any atom is -0.351 e. The van der Waals surface area contributed by atoms with Gasteiger partial charge >= 0.3 is 0 Å². The third kappa shape index (κ3) is 4.06. The van der Waals surface area contributed by atoms with Gasteiger partial charge in [0.15, 0.2) is 5.11 Å². The van der Waals surface area contributed by atoms with E-state index in [4.69, 9.17) is 12.2 Å². The molecule has 2 aromatic heterocycles. The molecule has 3 heterocycles. The second-order valence-electron chi connectivity index (χ2n) is 8.31. The summed E-state index contributed by atoms with van der Waals surface area (Å²) in [5.74, 6) is -0.102. The van der Waals surface area contributed by atoms with Gasteiger partial charge in [-0.3, -0.25) is 9.78 Å². The standard InChI is InChI=1S/C27H25N5OS/c1-18-8-3-4-10-23(18)31-17-7-11-24(31)26-25(22-9-5-6-16-28-22)30-27(34)32(26)21-14-12-20(13-15-21)29-19(2)33/h3-17,25-26H,1-2H3,(H,29,33)(H,30,34)/t25-,26+/m1/s1. The summed E-state index contributed by atoms with van der Waals surface area (Å²) < 4.78 is 2.23. The van der Waals surface area contributed by atoms with E-state index in [9.17, 15) is 4.79 Å². The van der Waals surface area contributed by atoms with E-state index >= 15 is 0 Å². The van der Waals surface area contributed by atoms with Crippen LogP contribution in [0.1, 0.15) is 36.0 Å². The van der Waals surface area contributed by atoms with E-state index in [1.165, 1.54) is 12.5 Å². The molecule has 0 aliphatic carbocycles. The highest BCUT2D eigenvalue weighted by Crippen LogP contribution is 2.42. The fourth-order valence-electron chi connectivity index (χ4n) is 4.53. The molecule has 7 heteroatoms. The number of carbonyl (C=O) groups is 1. The quantitative estimate of drug-likeness (QED) is 0.389. The van der Waals surface area contributed by atoms with Crippen LogP contribution in [0, 0.1) is 6.92 Å². The number of thiocarbonyl (C=S) groups is 1. The Labute approximate surface area is 204 Å². The van der Waals surface area contributed by atoms with Crippen LogP contribution in [-0.2, 0) is 4.79 Å². The van der Waals surface area contributed by atoms with Gasteiger partial charge in [-0.25, -0.2) is 0 Å². The molecule has 0 bridgehead atoms. The van der Waals surface area contributed by atoms with E-state index in [-0.39, 0.29) is 18.0 Å². The van der Waals surface area contributed by atoms with E-state index in [2.05, 4.69) is 68.5 Å². The van der Waals surface area contributed by atoms with Crippen molar-refractivity contribution in [2.75, 3.05) is 10.2 Å². The Morgan fingerprint density at radius 1 is 1.00 bits per heavy atom. The molecule has 6 nitrogen and oxygen atoms in total. The van der Waals surface area contributed by atoms with Gasteiger partial charge in [-0.05, 0) is 79.3 Å². The van der Waals surface area contributed by atoms with Crippen LogP contribution >= 0.6 is 12.2 Å². The summed E-state index contributed by atoms with van der Waals surface area (Å²) in [5, 5.41) is 6.96. The molecule has 0 unspecified atom stereocenters. The lowest BCUT2D eigenvalue weighted by Crippen LogP contribution is -2.30. The minimum atomic E-state index is -0.138. The number of aryl methyl sites for hydroxylation is 1. The highest BCUT2D eigenvalue weighted by molar-refractivity contribution is 7.80. The van der Waals surface area contributed by atoms with E-state index in [1.54, 1.807) is 0 Å². The van der Waals surface area contributed by atoms with Gasteiger partial charge < -0.3 is 20.1 Å². The number of hydrogen-bond acceptors (Lipinski definition) is 3. The monoisotopic (exact) mass is 467 g/mol. The second-order valence-corrected chi connectivity index (χ2v) is 8.70. The molecule has 2 aromatic carbocycles. The molecule has 1 aliphatic heterocycles. The fourth-order valence-corrected chi connectivity index (χ4v) is 4.88. The highest BCUT2D eigenvalue weighted by atomic mass is 32.1. The van der Waals surface area contributed by atoms with Gasteiger partial charge in [0.1, 0.15) is 6.04 Å². The normalized spacial score (nSPS) is 17.5. The van der Waals surface area contributed by atoms with E-state index < -0.39 is 0 Å². The third-order valence-corrected chi connectivity index (χ3v) is 6.34. The number of para-hydroxylation sites is 1. The molecule has 4 aromatic rings. The Morgan fingerprint density at radius 2 is 1.76 bits per heavy atom. The van der Waals surface area contributed by atoms with Crippen molar-refractivity contribution < 1.29 is 4.79 Å². The number of amides is 1. The number of pyridine rings is 1. The van der Waals surface area contributed by atoms with Crippen LogP contribution in [0.2, 0.25) is 0 Å². The summed E-state index contributed by atoms with van der Waals surface area (Å²) in [5.41, 5.74) is 6.02. The lowest BCUT2D eigenvalue weighted by atomic mass is 10.0. The zero-order valence-corrected chi connectivity index (χ0v) is 19.8. The minimum absolute atomic E-state index is 0.102. The summed E-state index contributed by atoms with van der Waals surface area (Å²) in [4.78, 5) is 18.2. The Bertz CT molecular complexity index is 1330. The number of rotatable bonds is 5. The molecule has 1 amide bonds. The number of benzene rings is 2. The molecular weight excluding hydrogens is 442 g/mol. The first kappa shape index (κ1) is 21.9. The first-order chi connectivity index (χ1) is 16.5. The Hall–Kier alpha value is -3.97. The molecule has 0 saturated carbocycles. The van der Waals surface area contributed by atoms with Crippen LogP contribution in [0.25, 0.3) is 5.69 Å². The van der Waals surface area contributed by atoms with E-state index in [1.807, 2.05) is 54.7 Å². The van der Waals surface area contributed by atoms with Gasteiger partial charge in [0.2, 0.25) is 5.91 Å². The second kappa shape index (κ2) is 9.11. The largest absolute Gasteiger partial charge is 0.351 e. The molecule has 1 aliphatic rings. The number of hydrogen-bond donors (Lipinski definition) is 2. The number of nitrogens with zero attached hydrogens (tertiary/aromatic N) is 3. The van der Waals surface area contributed by atoms with Crippen molar-refractivity contribution in [3.05, 3.63) is 108 Å². The summed E-state index contributed by atoms with van der Waals surface area (Å²) in [6.07, 6.45) is 3.90. The topological polar surface area (TPSA) is 62.2 Å². The average Bonchev–Trinajstić information content (AvgIpc) is 3.44. The van der Waals surface area contributed by atoms with Gasteiger partial charge in [-0.15, -0.1) is 0 Å². The molecule has 1 fully saturated rings. The zero-order valence-electron chi connectivity index (χ0n) is 19.0. The summed E-state index contributed by atoms with van der Waals surface area (Å²) in [6, 6.07) is 26.0. The van der Waals surface area contributed by atoms with Crippen LogP contribution < -0.4 is 15.5 Å². The van der Waals surface area contributed by atoms with Gasteiger partial charge in [0.25, 0.3) is 0 Å². The van der Waals surface area contributed by atoms with Crippen molar-refractivity contribution in [1.82, 2.24) is 14.9 Å². The van der Waals surface area contributed by atoms with Gasteiger partial charge in [-0.2, -0.15) is 0 Å². The Morgan fingerprint density at radius 3 is 2.47 bits per heavy atom. The molecule has 0 spiro atoms. The summed E-state index contributed by atoms with van der Waals surface area (Å²) in [6.45, 7) is 3.62. The van der Waals surface area contributed by atoms with Crippen molar-refractivity contribution in [3.8, 4) is 5.69 Å². The van der Waals surface area contributed by atoms with Gasteiger partial charge in [0, 0.05) is 42.1 Å². The fraction of sp³-hybridized carbons (Fsp3) is 0.148. The predicted molar refractivity (Wildman–Crippen MR) is 139 cm³/mol. The lowest BCUT2D eigenvalue weighted by Gasteiger charge is -2.29. The van der Waals surface area contributed by atoms with Gasteiger partial charge in [0.05, 0.1) is 11.7 Å². The van der Waals surface area contributed by atoms with Crippen LogP contribution in [0.5, 0.6) is 0 Å². The zero-order chi connectivity index (χ0) is 23.7. The smallest absolute Gasteiger partial charge is 0.221 e. The van der Waals surface area contributed by atoms with Crippen molar-refractivity contribution in [3.63, 3.8) is 0 Å². The van der Waals surface area contributed by atoms with Crippen LogP contribution in [0.4, 0.5) is 11.4 Å². The van der Waals surface area contributed by atoms with E-state index in [0.717, 1.165) is 28.5 Å². The number of aromatic nitrogens is 2. The molecule has 2 atom stereocenters. The molecule has 2 N–H and O–H groups in total. The first-order valence-electron chi connectivity index (χ1n) is 11.1. The lowest BCUT2D eigenvalue weighted by molar-refractivity contribution is -0.114. The van der Waals surface area contributed by atoms with Crippen LogP contribution in [0.15, 0.2) is 91.3 Å². The van der Waals surface area contributed by atoms with Crippen molar-refractivity contribution in [1.29, 1.82) is 0 Å². The highest BCUT2D eigenvalue weighted by Gasteiger charge is 2.42. The predicted octanol–water partition coefficient (Wildman–Crippen LogP) is 5.32. The Kier molecular flexibility index (Phi) is 5.86. The molecule has 170 valence electrons. The van der Waals surface area contributed by atoms with Gasteiger partial charge in [-0.1, -0.05) is 24.3 Å². The van der Waals surface area contributed by atoms with E-state index in [0.29, 0.717) is 5.11 Å². The molecule has 5 rings (SSSR count). The maximum absolute atomic E-state index is 11.5. The average molecular weight is 468 g/mol. The molecule has 1 saturated heterocycles. The van der Waals surface area contributed by atoms with Crippen molar-refractivity contribution >= 4 is 34.6 Å². The SMILES string of the molecule is CC(=O)Nc1ccc(N2C(=S)N[C@H](c3ccccn3)[C@@H]2c2cccn2-c2ccccc2C)cc1. The molecular formula is C27H25N5OS. The summed E-state index contributed by atoms with van der Waals surface area (Å²) >= 11 is 5.85. The summed E-state index contributed by atoms with van der Waals surface area (Å²) in [7, 11) is 0. The van der Waals surface area contributed by atoms with Crippen molar-refractivity contribution in [2.45, 2.75) is 25.9 Å². The number of nitrogens with one attached hydrogen (secondary N) is 2. The Balaban J connectivity index is 1.63. The molecule has 0 radical (unpaired) electrons. The van der Waals surface area contributed by atoms with Crippen LogP contribution in [0.3, 0.4) is 0 Å². The first-order valence-corrected chi connectivity index (χ1v) is 11.6. The number of anilines is 2. The number of carbonyl (C=O) groups excluding carboxylic acids is 1. The third-order valence-electron chi connectivity index (χ3n) is 6.02. The maximum atomic E-state index is 11.5. The van der Waals surface area contributed by atoms with Crippen molar-refractivity contribution in [2.24, 2.45) is 0 Å². The van der Waals surface area contributed by atoms with Crippen LogP contribution in [-0.4, -0.2) is 20.6 Å². The molecule has 34 heavy (non-hydrogen) atoms.